The van der Waals surface area contributed by atoms with Gasteiger partial charge in [-0.1, -0.05) is 54.5 Å². The van der Waals surface area contributed by atoms with Gasteiger partial charge in [0.2, 0.25) is 0 Å². The molecule has 1 amide bonds. The highest BCUT2D eigenvalue weighted by Crippen LogP contribution is 2.59. The molecule has 0 saturated heterocycles. The van der Waals surface area contributed by atoms with Crippen LogP contribution in [0.4, 0.5) is 22.4 Å². The fourth-order valence-electron chi connectivity index (χ4n) is 7.73. The molecule has 5 nitrogen and oxygen atoms in total. The van der Waals surface area contributed by atoms with Gasteiger partial charge < -0.3 is 15.0 Å². The number of Topliss-reactive ketones (excluding diaryl/α,β-unsaturated/α-hetero) is 1. The predicted octanol–water partition coefficient (Wildman–Crippen LogP) is 9.44. The molecule has 0 heterocycles. The maximum absolute atomic E-state index is 13.2. The number of benzene rings is 1. The van der Waals surface area contributed by atoms with E-state index in [0.29, 0.717) is 41.6 Å². The Labute approximate surface area is 298 Å². The number of carbonyl (C=O) groups is 2. The van der Waals surface area contributed by atoms with E-state index < -0.39 is 18.2 Å². The van der Waals surface area contributed by atoms with Crippen LogP contribution < -0.4 is 10.1 Å². The fourth-order valence-corrected chi connectivity index (χ4v) is 9.06. The average Bonchev–Trinajstić information content (AvgIpc) is 3.32. The van der Waals surface area contributed by atoms with Crippen molar-refractivity contribution in [2.24, 2.45) is 22.7 Å². The highest BCUT2D eigenvalue weighted by molar-refractivity contribution is 8.00. The number of hydrogen-bond acceptors (Lipinski definition) is 5. The number of nitrogens with zero attached hydrogens (tertiary/aromatic N) is 1. The second-order valence-corrected chi connectivity index (χ2v) is 17.7. The number of amides is 1. The first-order valence-corrected chi connectivity index (χ1v) is 19.1. The molecule has 2 saturated carbocycles. The molecule has 5 unspecified atom stereocenters. The lowest BCUT2D eigenvalue weighted by molar-refractivity contribution is -0.200. The van der Waals surface area contributed by atoms with Crippen LogP contribution in [0.5, 0.6) is 5.75 Å². The van der Waals surface area contributed by atoms with E-state index in [4.69, 9.17) is 4.74 Å². The third-order valence-electron chi connectivity index (χ3n) is 12.2. The van der Waals surface area contributed by atoms with Gasteiger partial charge in [0.05, 0.1) is 0 Å². The summed E-state index contributed by atoms with van der Waals surface area (Å²) in [6, 6.07) is 4.41. The summed E-state index contributed by atoms with van der Waals surface area (Å²) in [5.74, 6) is 3.37. The van der Waals surface area contributed by atoms with Gasteiger partial charge in [-0.2, -0.15) is 24.9 Å². The number of ether oxygens (including phenoxy) is 1. The highest BCUT2D eigenvalue weighted by atomic mass is 32.2. The Morgan fingerprint density at radius 1 is 1.08 bits per heavy atom. The molecule has 276 valence electrons. The first kappa shape index (κ1) is 41.7. The number of thioether (sulfide) groups is 1. The number of ketones is 1. The number of hydrogen-bond donors (Lipinski definition) is 1. The topological polar surface area (TPSA) is 58.6 Å². The molecule has 1 N–H and O–H groups in total. The summed E-state index contributed by atoms with van der Waals surface area (Å²) in [6.45, 7) is 16.2. The minimum atomic E-state index is -4.99. The lowest BCUT2D eigenvalue weighted by atomic mass is 9.55. The highest BCUT2D eigenvalue weighted by Gasteiger charge is 2.54. The van der Waals surface area contributed by atoms with Crippen molar-refractivity contribution >= 4 is 31.5 Å². The van der Waals surface area contributed by atoms with Crippen molar-refractivity contribution < 1.29 is 31.9 Å². The number of alkyl halides is 4. The Kier molecular flexibility index (Phi) is 13.9. The maximum atomic E-state index is 13.2. The summed E-state index contributed by atoms with van der Waals surface area (Å²) in [4.78, 5) is 26.8. The molecule has 11 heteroatoms. The molecule has 1 aromatic rings. The Bertz CT molecular complexity index is 1300. The summed E-state index contributed by atoms with van der Waals surface area (Å²) >= 11 is 1.57. The zero-order valence-corrected chi connectivity index (χ0v) is 32.1. The third-order valence-corrected chi connectivity index (χ3v) is 13.9. The van der Waals surface area contributed by atoms with E-state index in [1.807, 2.05) is 19.0 Å². The number of fused-ring (bicyclic) bond motifs is 5. The molecular formula is C38H59BF4N2O3S. The molecule has 3 aliphatic rings. The van der Waals surface area contributed by atoms with E-state index in [2.05, 4.69) is 73.8 Å². The van der Waals surface area contributed by atoms with E-state index in [1.54, 1.807) is 11.8 Å². The van der Waals surface area contributed by atoms with Gasteiger partial charge in [-0.25, -0.2) is 9.18 Å². The summed E-state index contributed by atoms with van der Waals surface area (Å²) < 4.78 is 55.5. The van der Waals surface area contributed by atoms with E-state index in [-0.39, 0.29) is 28.1 Å². The van der Waals surface area contributed by atoms with Gasteiger partial charge in [0.1, 0.15) is 19.4 Å². The van der Waals surface area contributed by atoms with Gasteiger partial charge in [0, 0.05) is 29.7 Å². The number of likely N-dealkylation sites (N-methyl/N-ethyl adjacent to an activating group) is 1. The van der Waals surface area contributed by atoms with Crippen molar-refractivity contribution in [3.05, 3.63) is 28.8 Å². The van der Waals surface area contributed by atoms with Crippen molar-refractivity contribution in [3.8, 4) is 5.75 Å². The van der Waals surface area contributed by atoms with E-state index in [0.717, 1.165) is 63.5 Å². The van der Waals surface area contributed by atoms with Gasteiger partial charge >= 0.3 is 12.3 Å². The molecule has 4 rings (SSSR count). The van der Waals surface area contributed by atoms with Crippen molar-refractivity contribution in [1.29, 1.82) is 0 Å². The monoisotopic (exact) mass is 710 g/mol. The molecule has 0 aliphatic heterocycles. The smallest absolute Gasteiger partial charge is 0.410 e. The van der Waals surface area contributed by atoms with Crippen LogP contribution in [0.2, 0.25) is 0 Å². The fraction of sp³-hybridized carbons (Fsp3) is 0.789. The van der Waals surface area contributed by atoms with Crippen LogP contribution in [0.3, 0.4) is 0 Å². The van der Waals surface area contributed by atoms with Crippen LogP contribution in [0.15, 0.2) is 12.1 Å². The van der Waals surface area contributed by atoms with E-state index >= 15 is 0 Å². The summed E-state index contributed by atoms with van der Waals surface area (Å²) in [5, 5.41) is 2.84. The minimum absolute atomic E-state index is 0.0667. The number of rotatable bonds is 12. The molecule has 2 fully saturated rings. The second kappa shape index (κ2) is 16.3. The molecule has 49 heavy (non-hydrogen) atoms. The quantitative estimate of drug-likeness (QED) is 0.133. The molecule has 5 atom stereocenters. The van der Waals surface area contributed by atoms with Gasteiger partial charge in [0.25, 0.3) is 0 Å². The SMILES string of the molecule is CCc1cc2c(cc1OC(=O)NCCN(C)C)CCC1C2CCC2(C)C(=O)CCC12.[B]C(F)(CCCSC(C)(C)C(C)(C)CC)C(F)(F)F. The Morgan fingerprint density at radius 2 is 1.76 bits per heavy atom. The summed E-state index contributed by atoms with van der Waals surface area (Å²) in [7, 11) is 8.62. The van der Waals surface area contributed by atoms with Gasteiger partial charge in [0.15, 0.2) is 5.57 Å². The van der Waals surface area contributed by atoms with Gasteiger partial charge in [-0.15, -0.1) is 0 Å². The van der Waals surface area contributed by atoms with Crippen LogP contribution in [0.25, 0.3) is 0 Å². The van der Waals surface area contributed by atoms with E-state index in [9.17, 15) is 27.2 Å². The molecule has 0 spiro atoms. The van der Waals surface area contributed by atoms with Crippen molar-refractivity contribution in [2.45, 2.75) is 135 Å². The molecule has 1 aromatic carbocycles. The Hall–Kier alpha value is -1.75. The van der Waals surface area contributed by atoms with Gasteiger partial charge in [-0.05, 0) is 124 Å². The standard InChI is InChI=1S/C25H36N2O3.C13H23BF4S/c1-5-16-14-20-17(15-22(16)30-24(29)26-12-13-27(3)4)6-7-19-18(20)10-11-25(2)21(19)8-9-23(25)28;1-6-10(2,3)11(4,5)19-9-7-8-12(14,15)13(16,17)18/h14-15,18-19,21H,5-13H2,1-4H3,(H,26,29);6-9H2,1-5H3. The first-order valence-electron chi connectivity index (χ1n) is 18.1. The largest absolute Gasteiger partial charge is 0.413 e. The first-order chi connectivity index (χ1) is 22.6. The zero-order chi connectivity index (χ0) is 37.0. The van der Waals surface area contributed by atoms with Crippen LogP contribution >= 0.6 is 11.8 Å². The minimum Gasteiger partial charge on any atom is -0.410 e. The summed E-state index contributed by atoms with van der Waals surface area (Å²) in [6.07, 6.45) is 1.99. The van der Waals surface area contributed by atoms with Crippen LogP contribution in [-0.2, 0) is 17.6 Å². The van der Waals surface area contributed by atoms with Gasteiger partial charge in [-0.3, -0.25) is 4.79 Å². The third kappa shape index (κ3) is 9.78. The number of carbonyl (C=O) groups excluding carboxylic acids is 2. The van der Waals surface area contributed by atoms with Crippen molar-refractivity contribution in [2.75, 3.05) is 32.9 Å². The normalized spacial score (nSPS) is 25.0. The second-order valence-electron chi connectivity index (χ2n) is 16.0. The molecule has 2 radical (unpaired) electrons. The van der Waals surface area contributed by atoms with Crippen LogP contribution in [0, 0.1) is 22.7 Å². The average molecular weight is 711 g/mol. The molecule has 3 aliphatic carbocycles. The van der Waals surface area contributed by atoms with E-state index in [1.165, 1.54) is 11.1 Å². The molecule has 0 bridgehead atoms. The molecule has 0 aromatic heterocycles. The van der Waals surface area contributed by atoms with Crippen molar-refractivity contribution in [3.63, 3.8) is 0 Å². The van der Waals surface area contributed by atoms with Crippen LogP contribution in [0.1, 0.15) is 122 Å². The number of halogens is 4. The maximum Gasteiger partial charge on any atom is 0.413 e. The molecular weight excluding hydrogens is 651 g/mol. The number of aryl methyl sites for hydroxylation is 2. The Morgan fingerprint density at radius 3 is 2.35 bits per heavy atom. The summed E-state index contributed by atoms with van der Waals surface area (Å²) in [5.41, 5.74) is 0.296. The lowest BCUT2D eigenvalue weighted by Gasteiger charge is -2.48. The van der Waals surface area contributed by atoms with Crippen LogP contribution in [-0.4, -0.2) is 74.1 Å². The Balaban J connectivity index is 0.000000298. The van der Waals surface area contributed by atoms with Crippen molar-refractivity contribution in [1.82, 2.24) is 10.2 Å². The predicted molar refractivity (Wildman–Crippen MR) is 194 cm³/mol. The lowest BCUT2D eigenvalue weighted by Crippen LogP contribution is -2.42. The number of nitrogens with one attached hydrogen (secondary N) is 1. The zero-order valence-electron chi connectivity index (χ0n) is 31.2.